The van der Waals surface area contributed by atoms with Gasteiger partial charge in [-0.3, -0.25) is 14.9 Å². The van der Waals surface area contributed by atoms with Crippen LogP contribution in [0.25, 0.3) is 0 Å². The van der Waals surface area contributed by atoms with E-state index in [2.05, 4.69) is 16.0 Å². The third-order valence-corrected chi connectivity index (χ3v) is 4.86. The molecule has 33 heavy (non-hydrogen) atoms. The van der Waals surface area contributed by atoms with Crippen LogP contribution in [-0.4, -0.2) is 11.8 Å². The Kier molecular flexibility index (Phi) is 5.27. The van der Waals surface area contributed by atoms with Crippen molar-refractivity contribution in [1.29, 1.82) is 0 Å². The Morgan fingerprint density at radius 1 is 0.576 bits per heavy atom. The molecule has 0 saturated carbocycles. The van der Waals surface area contributed by atoms with Crippen molar-refractivity contribution in [3.63, 3.8) is 0 Å². The maximum Gasteiger partial charge on any atom is 0.416 e. The molecule has 0 aromatic heterocycles. The summed E-state index contributed by atoms with van der Waals surface area (Å²) in [7, 11) is 0. The number of carbonyl (C=O) groups is 2. The first-order valence-electron chi connectivity index (χ1n) is 9.34. The highest BCUT2D eigenvalue weighted by Crippen LogP contribution is 2.36. The fraction of sp³-hybridized carbons (Fsp3) is 0.0909. The summed E-state index contributed by atoms with van der Waals surface area (Å²) in [5, 5.41) is 7.87. The molecule has 3 N–H and O–H groups in total. The Bertz CT molecular complexity index is 1140. The third kappa shape index (κ3) is 4.61. The summed E-state index contributed by atoms with van der Waals surface area (Å²) >= 11 is 0. The molecule has 170 valence electrons. The minimum absolute atomic E-state index is 0.0485. The fourth-order valence-electron chi connectivity index (χ4n) is 3.22. The number of hydrogen-bond donors (Lipinski definition) is 3. The molecule has 1 aliphatic heterocycles. The SMILES string of the molecule is O=C1NC(=O)c2cc(Nc3ccc(C(F)(F)F)cc3)c(Nc3ccc(C(F)(F)F)cc3)cc21. The molecule has 2 amide bonds. The van der Waals surface area contributed by atoms with Crippen molar-refractivity contribution >= 4 is 34.6 Å². The van der Waals surface area contributed by atoms with Gasteiger partial charge in [0.05, 0.1) is 33.6 Å². The van der Waals surface area contributed by atoms with Crippen LogP contribution in [0.1, 0.15) is 31.8 Å². The normalized spacial score (nSPS) is 13.5. The smallest absolute Gasteiger partial charge is 0.354 e. The van der Waals surface area contributed by atoms with Crippen LogP contribution in [0.5, 0.6) is 0 Å². The molecular weight excluding hydrogens is 452 g/mol. The molecule has 0 unspecified atom stereocenters. The van der Waals surface area contributed by atoms with Crippen molar-refractivity contribution in [2.45, 2.75) is 12.4 Å². The lowest BCUT2D eigenvalue weighted by Gasteiger charge is -2.16. The van der Waals surface area contributed by atoms with E-state index in [9.17, 15) is 35.9 Å². The summed E-state index contributed by atoms with van der Waals surface area (Å²) in [4.78, 5) is 24.1. The van der Waals surface area contributed by atoms with Gasteiger partial charge in [0, 0.05) is 11.4 Å². The predicted octanol–water partition coefficient (Wildman–Crippen LogP) is 6.10. The maximum absolute atomic E-state index is 12.8. The first kappa shape index (κ1) is 22.2. The number of anilines is 4. The summed E-state index contributed by atoms with van der Waals surface area (Å²) in [5.41, 5.74) is -0.660. The van der Waals surface area contributed by atoms with Crippen LogP contribution in [0.15, 0.2) is 60.7 Å². The van der Waals surface area contributed by atoms with Gasteiger partial charge in [-0.25, -0.2) is 0 Å². The largest absolute Gasteiger partial charge is 0.416 e. The van der Waals surface area contributed by atoms with Crippen LogP contribution in [0, 0.1) is 0 Å². The molecule has 1 heterocycles. The Morgan fingerprint density at radius 2 is 0.909 bits per heavy atom. The lowest BCUT2D eigenvalue weighted by molar-refractivity contribution is -0.138. The van der Waals surface area contributed by atoms with E-state index in [1.165, 1.54) is 36.4 Å². The molecule has 1 aliphatic rings. The highest BCUT2D eigenvalue weighted by atomic mass is 19.4. The Hall–Kier alpha value is -4.02. The number of rotatable bonds is 4. The van der Waals surface area contributed by atoms with Crippen molar-refractivity contribution in [2.75, 3.05) is 10.6 Å². The van der Waals surface area contributed by atoms with Crippen molar-refractivity contribution in [3.8, 4) is 0 Å². The zero-order valence-corrected chi connectivity index (χ0v) is 16.4. The molecular formula is C22H13F6N3O2. The number of halogens is 6. The van der Waals surface area contributed by atoms with E-state index in [1.54, 1.807) is 0 Å². The van der Waals surface area contributed by atoms with E-state index in [1.807, 2.05) is 0 Å². The number of amides is 2. The molecule has 0 radical (unpaired) electrons. The maximum atomic E-state index is 12.8. The molecule has 0 aliphatic carbocycles. The van der Waals surface area contributed by atoms with Crippen LogP contribution in [-0.2, 0) is 12.4 Å². The number of nitrogens with one attached hydrogen (secondary N) is 3. The van der Waals surface area contributed by atoms with Crippen molar-refractivity contribution in [2.24, 2.45) is 0 Å². The van der Waals surface area contributed by atoms with Gasteiger partial charge in [-0.15, -0.1) is 0 Å². The van der Waals surface area contributed by atoms with Crippen LogP contribution in [0.2, 0.25) is 0 Å². The Morgan fingerprint density at radius 3 is 1.21 bits per heavy atom. The van der Waals surface area contributed by atoms with Crippen LogP contribution >= 0.6 is 0 Å². The summed E-state index contributed by atoms with van der Waals surface area (Å²) < 4.78 is 76.8. The number of carbonyl (C=O) groups excluding carboxylic acids is 2. The minimum Gasteiger partial charge on any atom is -0.354 e. The van der Waals surface area contributed by atoms with E-state index in [0.717, 1.165) is 24.3 Å². The lowest BCUT2D eigenvalue weighted by atomic mass is 10.1. The second-order valence-corrected chi connectivity index (χ2v) is 7.13. The second kappa shape index (κ2) is 7.84. The monoisotopic (exact) mass is 465 g/mol. The van der Waals surface area contributed by atoms with Crippen LogP contribution in [0.4, 0.5) is 49.1 Å². The number of imide groups is 1. The average molecular weight is 465 g/mol. The van der Waals surface area contributed by atoms with Gasteiger partial charge in [0.25, 0.3) is 11.8 Å². The second-order valence-electron chi connectivity index (χ2n) is 7.13. The van der Waals surface area contributed by atoms with E-state index >= 15 is 0 Å². The van der Waals surface area contributed by atoms with Crippen LogP contribution in [0.3, 0.4) is 0 Å². The van der Waals surface area contributed by atoms with E-state index in [4.69, 9.17) is 0 Å². The molecule has 0 bridgehead atoms. The quantitative estimate of drug-likeness (QED) is 0.322. The van der Waals surface area contributed by atoms with E-state index in [0.29, 0.717) is 0 Å². The van der Waals surface area contributed by atoms with Gasteiger partial charge in [-0.2, -0.15) is 26.3 Å². The van der Waals surface area contributed by atoms with E-state index < -0.39 is 35.3 Å². The van der Waals surface area contributed by atoms with Gasteiger partial charge < -0.3 is 10.6 Å². The van der Waals surface area contributed by atoms with Gasteiger partial charge in [0.15, 0.2) is 0 Å². The Labute approximate surface area is 182 Å². The Balaban J connectivity index is 1.69. The standard InChI is InChI=1S/C22H13F6N3O2/c23-21(24,25)11-1-5-13(6-2-11)29-17-9-15-16(20(33)31-19(15)32)10-18(17)30-14-7-3-12(4-8-14)22(26,27)28/h1-10,29-30H,(H,31,32,33). The summed E-state index contributed by atoms with van der Waals surface area (Å²) in [5.74, 6) is -1.29. The van der Waals surface area contributed by atoms with Gasteiger partial charge >= 0.3 is 12.4 Å². The molecule has 0 atom stereocenters. The molecule has 4 rings (SSSR count). The molecule has 0 saturated heterocycles. The number of fused-ring (bicyclic) bond motifs is 1. The number of hydrogen-bond acceptors (Lipinski definition) is 4. The van der Waals surface area contributed by atoms with E-state index in [-0.39, 0.29) is 33.9 Å². The molecule has 5 nitrogen and oxygen atoms in total. The minimum atomic E-state index is -4.51. The number of benzene rings is 3. The van der Waals surface area contributed by atoms with Gasteiger partial charge in [-0.1, -0.05) is 0 Å². The first-order valence-corrected chi connectivity index (χ1v) is 9.34. The summed E-state index contributed by atoms with van der Waals surface area (Å²) in [6.07, 6.45) is -9.03. The topological polar surface area (TPSA) is 70.2 Å². The number of alkyl halides is 6. The summed E-state index contributed by atoms with van der Waals surface area (Å²) in [6.45, 7) is 0. The van der Waals surface area contributed by atoms with Crippen molar-refractivity contribution in [3.05, 3.63) is 82.9 Å². The predicted molar refractivity (Wildman–Crippen MR) is 108 cm³/mol. The molecule has 0 fully saturated rings. The first-order chi connectivity index (χ1) is 15.4. The fourth-order valence-corrected chi connectivity index (χ4v) is 3.22. The highest BCUT2D eigenvalue weighted by molar-refractivity contribution is 6.22. The van der Waals surface area contributed by atoms with Gasteiger partial charge in [0.1, 0.15) is 0 Å². The zero-order chi connectivity index (χ0) is 24.0. The lowest BCUT2D eigenvalue weighted by Crippen LogP contribution is -2.19. The average Bonchev–Trinajstić information content (AvgIpc) is 3.00. The van der Waals surface area contributed by atoms with Gasteiger partial charge in [-0.05, 0) is 60.7 Å². The van der Waals surface area contributed by atoms with Gasteiger partial charge in [0.2, 0.25) is 0 Å². The molecule has 0 spiro atoms. The zero-order valence-electron chi connectivity index (χ0n) is 16.4. The van der Waals surface area contributed by atoms with Crippen molar-refractivity contribution < 1.29 is 35.9 Å². The van der Waals surface area contributed by atoms with Crippen molar-refractivity contribution in [1.82, 2.24) is 5.32 Å². The summed E-state index contributed by atoms with van der Waals surface area (Å²) in [6, 6.07) is 10.9. The molecule has 11 heteroatoms. The molecule has 3 aromatic carbocycles. The third-order valence-electron chi connectivity index (χ3n) is 4.86. The van der Waals surface area contributed by atoms with Crippen LogP contribution < -0.4 is 16.0 Å². The highest BCUT2D eigenvalue weighted by Gasteiger charge is 2.31. The molecule has 3 aromatic rings.